The van der Waals surface area contributed by atoms with Crippen molar-refractivity contribution in [2.75, 3.05) is 7.11 Å². The summed E-state index contributed by atoms with van der Waals surface area (Å²) in [5.74, 6) is 3.06. The van der Waals surface area contributed by atoms with Gasteiger partial charge in [-0.1, -0.05) is 0 Å². The largest absolute Gasteiger partial charge is 0.479 e. The van der Waals surface area contributed by atoms with Crippen molar-refractivity contribution < 1.29 is 9.26 Å². The predicted molar refractivity (Wildman–Crippen MR) is 31.0 cm³/mol. The van der Waals surface area contributed by atoms with Crippen LogP contribution in [0.25, 0.3) is 0 Å². The van der Waals surface area contributed by atoms with Gasteiger partial charge in [-0.2, -0.15) is 0 Å². The van der Waals surface area contributed by atoms with Crippen molar-refractivity contribution in [2.45, 2.75) is 0 Å². The normalized spacial score (nSPS) is 8.44. The highest BCUT2D eigenvalue weighted by atomic mass is 16.5. The van der Waals surface area contributed by atoms with Crippen LogP contribution in [-0.4, -0.2) is 12.3 Å². The van der Waals surface area contributed by atoms with Gasteiger partial charge in [-0.15, -0.1) is 6.42 Å². The summed E-state index contributed by atoms with van der Waals surface area (Å²) in [6.07, 6.45) is 4.98. The van der Waals surface area contributed by atoms with E-state index in [1.807, 2.05) is 0 Å². The summed E-state index contributed by atoms with van der Waals surface area (Å²) >= 11 is 0. The number of rotatable bonds is 1. The van der Waals surface area contributed by atoms with Crippen LogP contribution in [0.3, 0.4) is 0 Å². The second-order valence-corrected chi connectivity index (χ2v) is 1.38. The highest BCUT2D eigenvalue weighted by Gasteiger charge is 1.97. The van der Waals surface area contributed by atoms with Crippen LogP contribution in [0.2, 0.25) is 0 Å². The lowest BCUT2D eigenvalue weighted by Crippen LogP contribution is -1.78. The number of aromatic nitrogens is 1. The second-order valence-electron chi connectivity index (χ2n) is 1.38. The number of hydrogen-bond donors (Lipinski definition) is 0. The Morgan fingerprint density at radius 2 is 2.67 bits per heavy atom. The van der Waals surface area contributed by atoms with E-state index in [0.717, 1.165) is 0 Å². The first-order valence-electron chi connectivity index (χ1n) is 2.34. The van der Waals surface area contributed by atoms with Gasteiger partial charge in [-0.05, 0) is 11.1 Å². The number of terminal acetylenes is 1. The fraction of sp³-hybridized carbons (Fsp3) is 0.167. The highest BCUT2D eigenvalue weighted by molar-refractivity contribution is 5.24. The Labute approximate surface area is 52.6 Å². The number of methoxy groups -OCH3 is 1. The third kappa shape index (κ3) is 1.03. The second kappa shape index (κ2) is 2.23. The maximum atomic E-state index is 4.98. The molecule has 0 aliphatic carbocycles. The third-order valence-electron chi connectivity index (χ3n) is 0.840. The van der Waals surface area contributed by atoms with Crippen molar-refractivity contribution in [2.24, 2.45) is 0 Å². The average molecular weight is 123 g/mol. The van der Waals surface area contributed by atoms with E-state index in [2.05, 4.69) is 15.6 Å². The van der Waals surface area contributed by atoms with Gasteiger partial charge in [0.05, 0.1) is 13.2 Å². The van der Waals surface area contributed by atoms with Crippen LogP contribution >= 0.6 is 0 Å². The number of ether oxygens (including phenoxy) is 1. The lowest BCUT2D eigenvalue weighted by Gasteiger charge is -1.83. The minimum Gasteiger partial charge on any atom is -0.479 e. The smallest absolute Gasteiger partial charge is 0.255 e. The van der Waals surface area contributed by atoms with Crippen LogP contribution in [0, 0.1) is 12.3 Å². The lowest BCUT2D eigenvalue weighted by molar-refractivity contribution is 0.336. The van der Waals surface area contributed by atoms with Crippen LogP contribution in [0.15, 0.2) is 10.6 Å². The molecule has 0 radical (unpaired) electrons. The van der Waals surface area contributed by atoms with Crippen LogP contribution in [0.4, 0.5) is 0 Å². The molecule has 0 amide bonds. The summed E-state index contributed by atoms with van der Waals surface area (Å²) in [6.45, 7) is 0. The predicted octanol–water partition coefficient (Wildman–Crippen LogP) is 0.664. The van der Waals surface area contributed by atoms with E-state index < -0.39 is 0 Å². The van der Waals surface area contributed by atoms with Crippen molar-refractivity contribution >= 4 is 0 Å². The van der Waals surface area contributed by atoms with Gasteiger partial charge in [0.2, 0.25) is 5.76 Å². The molecule has 0 fully saturated rings. The summed E-state index contributed by atoms with van der Waals surface area (Å²) in [7, 11) is 1.50. The molecule has 0 spiro atoms. The fourth-order valence-corrected chi connectivity index (χ4v) is 0.423. The summed E-state index contributed by atoms with van der Waals surface area (Å²) in [4.78, 5) is 0. The minimum atomic E-state index is 0.381. The van der Waals surface area contributed by atoms with Gasteiger partial charge in [0.15, 0.2) is 0 Å². The van der Waals surface area contributed by atoms with Gasteiger partial charge < -0.3 is 9.26 Å². The Morgan fingerprint density at radius 3 is 3.00 bits per heavy atom. The Hall–Kier alpha value is -1.43. The van der Waals surface area contributed by atoms with E-state index in [1.54, 1.807) is 6.07 Å². The monoisotopic (exact) mass is 123 g/mol. The summed E-state index contributed by atoms with van der Waals surface area (Å²) < 4.78 is 9.29. The molecule has 1 aromatic heterocycles. The van der Waals surface area contributed by atoms with Crippen LogP contribution in [-0.2, 0) is 0 Å². The summed E-state index contributed by atoms with van der Waals surface area (Å²) in [5, 5.41) is 3.47. The Morgan fingerprint density at radius 1 is 1.89 bits per heavy atom. The number of nitrogens with zero attached hydrogens (tertiary/aromatic N) is 1. The Kier molecular flexibility index (Phi) is 1.41. The van der Waals surface area contributed by atoms with Gasteiger partial charge in [0.1, 0.15) is 0 Å². The molecule has 9 heavy (non-hydrogen) atoms. The minimum absolute atomic E-state index is 0.381. The SMILES string of the molecule is C#Cc1cc(OC)no1. The van der Waals surface area contributed by atoms with Crippen LogP contribution in [0.5, 0.6) is 5.88 Å². The summed E-state index contributed by atoms with van der Waals surface area (Å²) in [6, 6.07) is 1.54. The Balaban J connectivity index is 2.90. The van der Waals surface area contributed by atoms with E-state index in [-0.39, 0.29) is 0 Å². The standard InChI is InChI=1S/C6H5NO2/c1-3-5-4-6(8-2)7-9-5/h1,4H,2H3. The van der Waals surface area contributed by atoms with Crippen molar-refractivity contribution in [3.63, 3.8) is 0 Å². The van der Waals surface area contributed by atoms with Crippen LogP contribution < -0.4 is 4.74 Å². The molecular weight excluding hydrogens is 118 g/mol. The van der Waals surface area contributed by atoms with Gasteiger partial charge in [0.25, 0.3) is 5.88 Å². The zero-order valence-corrected chi connectivity index (χ0v) is 4.92. The van der Waals surface area contributed by atoms with E-state index in [0.29, 0.717) is 11.6 Å². The highest BCUT2D eigenvalue weighted by Crippen LogP contribution is 2.07. The zero-order valence-electron chi connectivity index (χ0n) is 4.92. The topological polar surface area (TPSA) is 35.3 Å². The van der Waals surface area contributed by atoms with Gasteiger partial charge in [-0.3, -0.25) is 0 Å². The third-order valence-corrected chi connectivity index (χ3v) is 0.840. The molecule has 1 aromatic rings. The maximum absolute atomic E-state index is 4.98. The molecule has 0 atom stereocenters. The quantitative estimate of drug-likeness (QED) is 0.514. The molecule has 1 rings (SSSR count). The molecule has 0 aliphatic heterocycles. The molecule has 3 heteroatoms. The molecule has 0 saturated heterocycles. The van der Waals surface area contributed by atoms with Gasteiger partial charge in [0, 0.05) is 0 Å². The first-order chi connectivity index (χ1) is 4.36. The van der Waals surface area contributed by atoms with Gasteiger partial charge in [-0.25, -0.2) is 0 Å². The van der Waals surface area contributed by atoms with Crippen molar-refractivity contribution in [1.29, 1.82) is 0 Å². The Bertz CT molecular complexity index is 233. The first kappa shape index (κ1) is 5.70. The molecular formula is C6H5NO2. The van der Waals surface area contributed by atoms with E-state index in [1.165, 1.54) is 7.11 Å². The van der Waals surface area contributed by atoms with Crippen LogP contribution in [0.1, 0.15) is 5.76 Å². The van der Waals surface area contributed by atoms with Gasteiger partial charge >= 0.3 is 0 Å². The molecule has 0 aliphatic rings. The average Bonchev–Trinajstić information content (AvgIpc) is 2.34. The van der Waals surface area contributed by atoms with E-state index in [9.17, 15) is 0 Å². The van der Waals surface area contributed by atoms with Crippen molar-refractivity contribution in [3.05, 3.63) is 11.8 Å². The summed E-state index contributed by atoms with van der Waals surface area (Å²) in [5.41, 5.74) is 0. The molecule has 3 nitrogen and oxygen atoms in total. The molecule has 0 unspecified atom stereocenters. The lowest BCUT2D eigenvalue weighted by atomic mass is 10.5. The first-order valence-corrected chi connectivity index (χ1v) is 2.34. The maximum Gasteiger partial charge on any atom is 0.255 e. The molecule has 0 N–H and O–H groups in total. The van der Waals surface area contributed by atoms with E-state index >= 15 is 0 Å². The van der Waals surface area contributed by atoms with Crippen molar-refractivity contribution in [1.82, 2.24) is 5.16 Å². The fourth-order valence-electron chi connectivity index (χ4n) is 0.423. The molecule has 0 saturated carbocycles. The van der Waals surface area contributed by atoms with E-state index in [4.69, 9.17) is 11.2 Å². The molecule has 1 heterocycles. The molecule has 46 valence electrons. The number of hydrogen-bond acceptors (Lipinski definition) is 3. The molecule has 0 bridgehead atoms. The zero-order chi connectivity index (χ0) is 6.69. The molecule has 0 aromatic carbocycles. The van der Waals surface area contributed by atoms with Crippen molar-refractivity contribution in [3.8, 4) is 18.2 Å².